The molecule has 7 heteroatoms. The van der Waals surface area contributed by atoms with Crippen LogP contribution in [0.4, 0.5) is 5.69 Å². The van der Waals surface area contributed by atoms with Crippen molar-refractivity contribution in [2.24, 2.45) is 11.8 Å². The van der Waals surface area contributed by atoms with Gasteiger partial charge in [0, 0.05) is 32.2 Å². The molecule has 3 aromatic carbocycles. The molecule has 0 heterocycles. The highest BCUT2D eigenvalue weighted by atomic mass is 79.9. The number of halogens is 1. The van der Waals surface area contributed by atoms with E-state index in [9.17, 15) is 14.4 Å². The zero-order valence-corrected chi connectivity index (χ0v) is 24.9. The number of carbonyl (C=O) groups is 3. The number of anilines is 1. The molecule has 4 atom stereocenters. The van der Waals surface area contributed by atoms with E-state index in [0.29, 0.717) is 38.4 Å². The van der Waals surface area contributed by atoms with E-state index in [1.165, 1.54) is 18.2 Å². The smallest absolute Gasteiger partial charge is 0.340 e. The summed E-state index contributed by atoms with van der Waals surface area (Å²) < 4.78 is 6.05. The Balaban J connectivity index is 1.33. The average Bonchev–Trinajstić information content (AvgIpc) is 2.96. The molecule has 2 fully saturated rings. The van der Waals surface area contributed by atoms with Gasteiger partial charge in [-0.25, -0.2) is 4.79 Å². The minimum absolute atomic E-state index is 0.0287. The van der Waals surface area contributed by atoms with Crippen molar-refractivity contribution in [3.05, 3.63) is 93.5 Å². The predicted molar refractivity (Wildman–Crippen MR) is 162 cm³/mol. The molecule has 3 aliphatic rings. The molecule has 0 amide bonds. The maximum atomic E-state index is 13.7. The molecule has 0 radical (unpaired) electrons. The second kappa shape index (κ2) is 11.2. The first-order chi connectivity index (χ1) is 19.3. The SMILES string of the molecule is Cc1ccc(CSc2cc(C(=O)O[C@@H]3CC[C@@H]4CC(Br)CCC4C3)c(N)c3c2C(=O)c2ccccc2C3=O)cc1. The standard InChI is InChI=1S/C33H32BrNO4S/c1-18-6-8-19(9-7-18)17-40-27-16-26(33(38)39-23-13-11-20-14-22(34)12-10-21(20)15-23)30(35)29-28(27)31(36)24-4-2-3-5-25(24)32(29)37/h2-9,16,20-23H,10-15,17,35H2,1H3/t20-,21?,22?,23-/m1/s1. The van der Waals surface area contributed by atoms with Crippen molar-refractivity contribution in [2.75, 3.05) is 5.73 Å². The second-order valence-corrected chi connectivity index (χ2v) is 13.6. The van der Waals surface area contributed by atoms with Gasteiger partial charge in [-0.05, 0) is 68.9 Å². The monoisotopic (exact) mass is 617 g/mol. The van der Waals surface area contributed by atoms with Crippen LogP contribution in [0.5, 0.6) is 0 Å². The molecule has 0 saturated heterocycles. The number of hydrogen-bond donors (Lipinski definition) is 1. The van der Waals surface area contributed by atoms with Gasteiger partial charge < -0.3 is 10.5 Å². The molecule has 0 aliphatic heterocycles. The van der Waals surface area contributed by atoms with Gasteiger partial charge in [0.05, 0.1) is 16.8 Å². The number of thioether (sulfide) groups is 1. The van der Waals surface area contributed by atoms with Crippen LogP contribution in [0, 0.1) is 18.8 Å². The molecule has 3 aliphatic carbocycles. The van der Waals surface area contributed by atoms with Gasteiger partial charge in [-0.15, -0.1) is 11.8 Å². The van der Waals surface area contributed by atoms with Gasteiger partial charge in [-0.3, -0.25) is 9.59 Å². The van der Waals surface area contributed by atoms with Crippen LogP contribution >= 0.6 is 27.7 Å². The fourth-order valence-corrected chi connectivity index (χ4v) is 8.32. The maximum Gasteiger partial charge on any atom is 0.340 e. The van der Waals surface area contributed by atoms with Crippen molar-refractivity contribution in [3.63, 3.8) is 0 Å². The third kappa shape index (κ3) is 5.14. The van der Waals surface area contributed by atoms with Crippen LogP contribution in [0.1, 0.15) is 91.9 Å². The quantitative estimate of drug-likeness (QED) is 0.108. The lowest BCUT2D eigenvalue weighted by Gasteiger charge is -2.40. The summed E-state index contributed by atoms with van der Waals surface area (Å²) in [6.07, 6.45) is 6.05. The molecule has 206 valence electrons. The summed E-state index contributed by atoms with van der Waals surface area (Å²) in [5.74, 6) is 0.724. The Morgan fingerprint density at radius 2 is 1.57 bits per heavy atom. The first kappa shape index (κ1) is 27.3. The molecule has 5 nitrogen and oxygen atoms in total. The lowest BCUT2D eigenvalue weighted by molar-refractivity contribution is -0.000287. The van der Waals surface area contributed by atoms with Gasteiger partial charge in [-0.1, -0.05) is 70.0 Å². The highest BCUT2D eigenvalue weighted by Gasteiger charge is 2.38. The van der Waals surface area contributed by atoms with E-state index < -0.39 is 5.97 Å². The number of ketones is 2. The zero-order chi connectivity index (χ0) is 28.0. The van der Waals surface area contributed by atoms with Crippen molar-refractivity contribution in [2.45, 2.75) is 67.0 Å². The lowest BCUT2D eigenvalue weighted by Crippen LogP contribution is -2.35. The molecule has 0 spiro atoms. The number of aryl methyl sites for hydroxylation is 1. The van der Waals surface area contributed by atoms with Crippen LogP contribution in [-0.4, -0.2) is 28.5 Å². The van der Waals surface area contributed by atoms with Crippen LogP contribution in [-0.2, 0) is 10.5 Å². The number of hydrogen-bond acceptors (Lipinski definition) is 6. The van der Waals surface area contributed by atoms with Crippen LogP contribution in [0.25, 0.3) is 0 Å². The van der Waals surface area contributed by atoms with Crippen molar-refractivity contribution in [1.29, 1.82) is 0 Å². The minimum atomic E-state index is -0.519. The molecule has 2 N–H and O–H groups in total. The summed E-state index contributed by atoms with van der Waals surface area (Å²) in [6.45, 7) is 2.03. The highest BCUT2D eigenvalue weighted by molar-refractivity contribution is 9.09. The predicted octanol–water partition coefficient (Wildman–Crippen LogP) is 7.53. The largest absolute Gasteiger partial charge is 0.459 e. The summed E-state index contributed by atoms with van der Waals surface area (Å²) in [4.78, 5) is 42.2. The minimum Gasteiger partial charge on any atom is -0.459 e. The van der Waals surface area contributed by atoms with E-state index in [4.69, 9.17) is 10.5 Å². The summed E-state index contributed by atoms with van der Waals surface area (Å²) in [7, 11) is 0. The fraction of sp³-hybridized carbons (Fsp3) is 0.364. The van der Waals surface area contributed by atoms with Crippen molar-refractivity contribution < 1.29 is 19.1 Å². The van der Waals surface area contributed by atoms with Gasteiger partial charge in [0.15, 0.2) is 11.6 Å². The first-order valence-corrected chi connectivity index (χ1v) is 15.9. The molecule has 3 aromatic rings. The molecule has 2 saturated carbocycles. The molecular formula is C33H32BrNO4S. The lowest BCUT2D eigenvalue weighted by atomic mass is 9.70. The topological polar surface area (TPSA) is 86.5 Å². The average molecular weight is 619 g/mol. The van der Waals surface area contributed by atoms with E-state index >= 15 is 0 Å². The van der Waals surface area contributed by atoms with Gasteiger partial charge in [0.2, 0.25) is 0 Å². The Labute approximate surface area is 247 Å². The summed E-state index contributed by atoms with van der Waals surface area (Å²) in [5.41, 5.74) is 10.0. The molecule has 0 bridgehead atoms. The van der Waals surface area contributed by atoms with E-state index in [1.54, 1.807) is 30.3 Å². The summed E-state index contributed by atoms with van der Waals surface area (Å²) in [6, 6.07) is 16.6. The third-order valence-corrected chi connectivity index (χ3v) is 10.7. The molecular weight excluding hydrogens is 586 g/mol. The number of fused-ring (bicyclic) bond motifs is 3. The summed E-state index contributed by atoms with van der Waals surface area (Å²) >= 11 is 5.21. The van der Waals surface area contributed by atoms with Gasteiger partial charge >= 0.3 is 5.97 Å². The van der Waals surface area contributed by atoms with Crippen molar-refractivity contribution in [3.8, 4) is 0 Å². The van der Waals surface area contributed by atoms with Crippen LogP contribution < -0.4 is 5.73 Å². The van der Waals surface area contributed by atoms with E-state index in [0.717, 1.165) is 43.2 Å². The number of esters is 1. The van der Waals surface area contributed by atoms with Crippen LogP contribution in [0.3, 0.4) is 0 Å². The number of carbonyl (C=O) groups excluding carboxylic acids is 3. The second-order valence-electron chi connectivity index (χ2n) is 11.3. The van der Waals surface area contributed by atoms with E-state index in [1.807, 2.05) is 31.2 Å². The maximum absolute atomic E-state index is 13.7. The molecule has 40 heavy (non-hydrogen) atoms. The number of nitrogen functional groups attached to an aromatic ring is 1. The Kier molecular flexibility index (Phi) is 7.62. The number of rotatable bonds is 5. The van der Waals surface area contributed by atoms with E-state index in [2.05, 4.69) is 15.9 Å². The number of nitrogens with two attached hydrogens (primary N) is 1. The highest BCUT2D eigenvalue weighted by Crippen LogP contribution is 2.44. The Hall–Kier alpha value is -2.90. The Morgan fingerprint density at radius 1 is 0.925 bits per heavy atom. The zero-order valence-electron chi connectivity index (χ0n) is 22.5. The molecule has 2 unspecified atom stereocenters. The fourth-order valence-electron chi connectivity index (χ4n) is 6.52. The Bertz CT molecular complexity index is 1500. The number of benzene rings is 3. The van der Waals surface area contributed by atoms with Crippen molar-refractivity contribution >= 4 is 50.9 Å². The normalized spacial score (nSPS) is 23.6. The third-order valence-electron chi connectivity index (χ3n) is 8.71. The first-order valence-electron chi connectivity index (χ1n) is 14.0. The van der Waals surface area contributed by atoms with Gasteiger partial charge in [-0.2, -0.15) is 0 Å². The van der Waals surface area contributed by atoms with Gasteiger partial charge in [0.1, 0.15) is 6.10 Å². The molecule has 6 rings (SSSR count). The van der Waals surface area contributed by atoms with Crippen molar-refractivity contribution in [1.82, 2.24) is 0 Å². The van der Waals surface area contributed by atoms with Crippen LogP contribution in [0.15, 0.2) is 59.5 Å². The number of ether oxygens (including phenoxy) is 1. The Morgan fingerprint density at radius 3 is 2.30 bits per heavy atom. The van der Waals surface area contributed by atoms with E-state index in [-0.39, 0.29) is 40.0 Å². The number of alkyl halides is 1. The van der Waals surface area contributed by atoms with Gasteiger partial charge in [0.25, 0.3) is 0 Å². The van der Waals surface area contributed by atoms with Crippen LogP contribution in [0.2, 0.25) is 0 Å². The molecule has 0 aromatic heterocycles. The summed E-state index contributed by atoms with van der Waals surface area (Å²) in [5, 5.41) is 0.